The van der Waals surface area contributed by atoms with Crippen LogP contribution < -0.4 is 0 Å². The van der Waals surface area contributed by atoms with Crippen LogP contribution in [-0.2, 0) is 0 Å². The molecule has 2 heteroatoms. The van der Waals surface area contributed by atoms with Gasteiger partial charge in [0.1, 0.15) is 6.33 Å². The second-order valence-corrected chi connectivity index (χ2v) is 4.01. The summed E-state index contributed by atoms with van der Waals surface area (Å²) in [6.07, 6.45) is 9.30. The number of aromatic nitrogens is 2. The van der Waals surface area contributed by atoms with Crippen molar-refractivity contribution in [2.75, 3.05) is 0 Å². The fraction of sp³-hybridized carbons (Fsp3) is 0.0588. The maximum absolute atomic E-state index is 4.32. The predicted molar refractivity (Wildman–Crippen MR) is 80.5 cm³/mol. The third kappa shape index (κ3) is 3.26. The number of hydrogen-bond acceptors (Lipinski definition) is 2. The first kappa shape index (κ1) is 13.0. The molecular formula is C17H16N2. The van der Waals surface area contributed by atoms with Gasteiger partial charge in [0.2, 0.25) is 0 Å². The van der Waals surface area contributed by atoms with E-state index in [1.54, 1.807) is 12.4 Å². The van der Waals surface area contributed by atoms with E-state index in [1.165, 1.54) is 0 Å². The van der Waals surface area contributed by atoms with E-state index in [-0.39, 0.29) is 0 Å². The lowest BCUT2D eigenvalue weighted by Gasteiger charge is -2.04. The van der Waals surface area contributed by atoms with Gasteiger partial charge in [-0.05, 0) is 18.6 Å². The minimum atomic E-state index is 0.895. The Morgan fingerprint density at radius 3 is 2.63 bits per heavy atom. The van der Waals surface area contributed by atoms with Crippen LogP contribution in [0.15, 0.2) is 73.6 Å². The zero-order valence-electron chi connectivity index (χ0n) is 11.0. The van der Waals surface area contributed by atoms with Crippen LogP contribution in [0, 0.1) is 0 Å². The van der Waals surface area contributed by atoms with E-state index in [0.717, 1.165) is 22.5 Å². The first-order chi connectivity index (χ1) is 9.35. The lowest BCUT2D eigenvalue weighted by atomic mass is 10.1. The molecule has 0 atom stereocenters. The molecule has 1 aromatic heterocycles. The lowest BCUT2D eigenvalue weighted by Crippen LogP contribution is -1.91. The zero-order valence-corrected chi connectivity index (χ0v) is 11.0. The Morgan fingerprint density at radius 2 is 1.95 bits per heavy atom. The minimum Gasteiger partial charge on any atom is -0.236 e. The van der Waals surface area contributed by atoms with E-state index in [4.69, 9.17) is 0 Å². The molecule has 19 heavy (non-hydrogen) atoms. The normalized spacial score (nSPS) is 11.7. The minimum absolute atomic E-state index is 0.895. The van der Waals surface area contributed by atoms with Gasteiger partial charge in [-0.25, -0.2) is 9.97 Å². The largest absolute Gasteiger partial charge is 0.236 e. The molecule has 0 fully saturated rings. The van der Waals surface area contributed by atoms with Gasteiger partial charge in [0.05, 0.1) is 11.4 Å². The van der Waals surface area contributed by atoms with Crippen LogP contribution in [0.1, 0.15) is 12.6 Å². The van der Waals surface area contributed by atoms with E-state index in [9.17, 15) is 0 Å². The van der Waals surface area contributed by atoms with Gasteiger partial charge in [0, 0.05) is 5.56 Å². The summed E-state index contributed by atoms with van der Waals surface area (Å²) in [5.41, 5.74) is 3.93. The quantitative estimate of drug-likeness (QED) is 0.754. The average molecular weight is 248 g/mol. The fourth-order valence-electron chi connectivity index (χ4n) is 1.81. The number of hydrogen-bond donors (Lipinski definition) is 0. The molecule has 0 N–H and O–H groups in total. The van der Waals surface area contributed by atoms with E-state index in [0.29, 0.717) is 0 Å². The van der Waals surface area contributed by atoms with Gasteiger partial charge in [0.15, 0.2) is 0 Å². The molecule has 0 unspecified atom stereocenters. The average Bonchev–Trinajstić information content (AvgIpc) is 2.48. The lowest BCUT2D eigenvalue weighted by molar-refractivity contribution is 1.15. The molecule has 94 valence electrons. The number of nitrogens with zero attached hydrogens (tertiary/aromatic N) is 2. The zero-order chi connectivity index (χ0) is 13.5. The summed E-state index contributed by atoms with van der Waals surface area (Å²) in [7, 11) is 0. The van der Waals surface area contributed by atoms with Crippen molar-refractivity contribution in [3.05, 3.63) is 79.3 Å². The molecule has 2 nitrogen and oxygen atoms in total. The molecule has 1 heterocycles. The molecular weight excluding hydrogens is 232 g/mol. The van der Waals surface area contributed by atoms with Crippen molar-refractivity contribution in [3.63, 3.8) is 0 Å². The van der Waals surface area contributed by atoms with E-state index in [1.807, 2.05) is 61.5 Å². The summed E-state index contributed by atoms with van der Waals surface area (Å²) in [4.78, 5) is 8.65. The standard InChI is InChI=1S/C17H16N2/c1-3-8-14(9-4-2)16-12-17(19-13-18-16)15-10-6-5-7-11-15/h3-13H,1H2,2H3/b9-4-,14-8+. The molecule has 0 amide bonds. The molecule has 0 bridgehead atoms. The van der Waals surface area contributed by atoms with Crippen LogP contribution in [0.5, 0.6) is 0 Å². The Labute approximate surface area is 113 Å². The third-order valence-corrected chi connectivity index (χ3v) is 2.68. The second kappa shape index (κ2) is 6.45. The summed E-state index contributed by atoms with van der Waals surface area (Å²) in [5, 5.41) is 0. The first-order valence-electron chi connectivity index (χ1n) is 6.18. The number of benzene rings is 1. The highest BCUT2D eigenvalue weighted by Gasteiger charge is 2.03. The van der Waals surface area contributed by atoms with Gasteiger partial charge in [0.25, 0.3) is 0 Å². The Morgan fingerprint density at radius 1 is 1.16 bits per heavy atom. The first-order valence-corrected chi connectivity index (χ1v) is 6.18. The Bertz CT molecular complexity index is 610. The van der Waals surface area contributed by atoms with Gasteiger partial charge >= 0.3 is 0 Å². The third-order valence-electron chi connectivity index (χ3n) is 2.68. The maximum Gasteiger partial charge on any atom is 0.116 e. The van der Waals surface area contributed by atoms with Crippen LogP contribution >= 0.6 is 0 Å². The molecule has 0 spiro atoms. The van der Waals surface area contributed by atoms with Crippen molar-refractivity contribution in [1.82, 2.24) is 9.97 Å². The topological polar surface area (TPSA) is 25.8 Å². The summed E-state index contributed by atoms with van der Waals surface area (Å²) in [6, 6.07) is 12.1. The van der Waals surface area contributed by atoms with Crippen molar-refractivity contribution in [2.45, 2.75) is 6.92 Å². The summed E-state index contributed by atoms with van der Waals surface area (Å²) < 4.78 is 0. The summed E-state index contributed by atoms with van der Waals surface area (Å²) in [6.45, 7) is 5.72. The van der Waals surface area contributed by atoms with Crippen molar-refractivity contribution in [2.24, 2.45) is 0 Å². The molecule has 0 radical (unpaired) electrons. The van der Waals surface area contributed by atoms with Crippen LogP contribution in [0.25, 0.3) is 16.8 Å². The van der Waals surface area contributed by atoms with E-state index >= 15 is 0 Å². The molecule has 1 aromatic carbocycles. The predicted octanol–water partition coefficient (Wildman–Crippen LogP) is 4.29. The molecule has 0 saturated heterocycles. The van der Waals surface area contributed by atoms with Gasteiger partial charge in [-0.15, -0.1) is 0 Å². The van der Waals surface area contributed by atoms with Crippen LogP contribution in [0.4, 0.5) is 0 Å². The van der Waals surface area contributed by atoms with Gasteiger partial charge in [-0.3, -0.25) is 0 Å². The van der Waals surface area contributed by atoms with Gasteiger partial charge in [-0.2, -0.15) is 0 Å². The highest BCUT2D eigenvalue weighted by molar-refractivity contribution is 5.75. The van der Waals surface area contributed by atoms with E-state index in [2.05, 4.69) is 16.5 Å². The van der Waals surface area contributed by atoms with Crippen molar-refractivity contribution in [3.8, 4) is 11.3 Å². The second-order valence-electron chi connectivity index (χ2n) is 4.01. The van der Waals surface area contributed by atoms with Crippen molar-refractivity contribution in [1.29, 1.82) is 0 Å². The van der Waals surface area contributed by atoms with Crippen LogP contribution in [0.2, 0.25) is 0 Å². The molecule has 0 aliphatic rings. The van der Waals surface area contributed by atoms with Gasteiger partial charge in [-0.1, -0.05) is 61.2 Å². The molecule has 2 rings (SSSR count). The smallest absolute Gasteiger partial charge is 0.116 e. The summed E-state index contributed by atoms with van der Waals surface area (Å²) in [5.74, 6) is 0. The number of allylic oxidation sites excluding steroid dienone is 5. The van der Waals surface area contributed by atoms with Gasteiger partial charge < -0.3 is 0 Å². The van der Waals surface area contributed by atoms with Crippen LogP contribution in [-0.4, -0.2) is 9.97 Å². The Kier molecular flexibility index (Phi) is 4.40. The highest BCUT2D eigenvalue weighted by atomic mass is 14.8. The molecule has 2 aromatic rings. The SMILES string of the molecule is C=C/C=C(\C=C/C)c1cc(-c2ccccc2)ncn1. The molecule has 0 aliphatic heterocycles. The molecule has 0 aliphatic carbocycles. The van der Waals surface area contributed by atoms with Crippen LogP contribution in [0.3, 0.4) is 0 Å². The maximum atomic E-state index is 4.32. The highest BCUT2D eigenvalue weighted by Crippen LogP contribution is 2.20. The monoisotopic (exact) mass is 248 g/mol. The Hall–Kier alpha value is -2.48. The molecule has 0 saturated carbocycles. The summed E-state index contributed by atoms with van der Waals surface area (Å²) >= 11 is 0. The van der Waals surface area contributed by atoms with E-state index < -0.39 is 0 Å². The fourth-order valence-corrected chi connectivity index (χ4v) is 1.81. The van der Waals surface area contributed by atoms with Crippen molar-refractivity contribution >= 4 is 5.57 Å². The Balaban J connectivity index is 2.44. The van der Waals surface area contributed by atoms with Crippen molar-refractivity contribution < 1.29 is 0 Å². The number of rotatable bonds is 4.